The number of amides is 1. The molecule has 132 valence electrons. The predicted octanol–water partition coefficient (Wildman–Crippen LogP) is 1.63. The molecule has 0 spiro atoms. The number of phenolic OH excluding ortho intramolecular Hbond substituents is 1. The Balaban J connectivity index is 2.04. The summed E-state index contributed by atoms with van der Waals surface area (Å²) in [4.78, 5) is 15.9. The van der Waals surface area contributed by atoms with Gasteiger partial charge in [-0.25, -0.2) is 0 Å². The molecule has 0 atom stereocenters. The minimum absolute atomic E-state index is 0.0187. The maximum absolute atomic E-state index is 11.9. The minimum Gasteiger partial charge on any atom is -0.506 e. The molecule has 0 bridgehead atoms. The molecule has 4 N–H and O–H groups in total. The lowest BCUT2D eigenvalue weighted by Gasteiger charge is -2.11. The van der Waals surface area contributed by atoms with Crippen LogP contribution >= 0.6 is 0 Å². The van der Waals surface area contributed by atoms with Crippen LogP contribution < -0.4 is 10.1 Å². The van der Waals surface area contributed by atoms with Crippen LogP contribution in [0.15, 0.2) is 30.5 Å². The maximum Gasteiger partial charge on any atom is 0.244 e. The van der Waals surface area contributed by atoms with E-state index in [2.05, 4.69) is 10.3 Å². The number of carbonyl (C=O) groups excluding carboxylic acids is 1. The second kappa shape index (κ2) is 8.16. The van der Waals surface area contributed by atoms with Gasteiger partial charge in [0.2, 0.25) is 5.91 Å². The van der Waals surface area contributed by atoms with Gasteiger partial charge in [-0.15, -0.1) is 0 Å². The van der Waals surface area contributed by atoms with Crippen molar-refractivity contribution in [2.75, 3.05) is 7.11 Å². The van der Waals surface area contributed by atoms with Gasteiger partial charge in [-0.1, -0.05) is 6.07 Å². The summed E-state index contributed by atoms with van der Waals surface area (Å²) in [7, 11) is 1.45. The molecule has 7 heteroatoms. The lowest BCUT2D eigenvalue weighted by atomic mass is 10.1. The quantitative estimate of drug-likeness (QED) is 0.593. The number of hydrogen-bond donors (Lipinski definition) is 4. The lowest BCUT2D eigenvalue weighted by Crippen LogP contribution is -2.21. The number of pyridine rings is 1. The molecular formula is C18H20N2O5. The summed E-state index contributed by atoms with van der Waals surface area (Å²) in [5.41, 5.74) is 1.93. The molecule has 1 aromatic heterocycles. The average molecular weight is 344 g/mol. The summed E-state index contributed by atoms with van der Waals surface area (Å²) in [6, 6.07) is 4.77. The van der Waals surface area contributed by atoms with Crippen LogP contribution in [0.4, 0.5) is 0 Å². The Morgan fingerprint density at radius 2 is 2.12 bits per heavy atom. The third-order valence-electron chi connectivity index (χ3n) is 3.67. The van der Waals surface area contributed by atoms with E-state index in [9.17, 15) is 20.1 Å². The molecule has 2 aromatic rings. The Morgan fingerprint density at radius 3 is 2.76 bits per heavy atom. The number of aliphatic hydroxyl groups is 1. The second-order valence-corrected chi connectivity index (χ2v) is 5.34. The molecule has 0 unspecified atom stereocenters. The molecule has 25 heavy (non-hydrogen) atoms. The number of aryl methyl sites for hydroxylation is 1. The molecule has 2 rings (SSSR count). The molecule has 1 heterocycles. The van der Waals surface area contributed by atoms with Gasteiger partial charge in [0.1, 0.15) is 5.75 Å². The number of hydrogen-bond acceptors (Lipinski definition) is 6. The first-order chi connectivity index (χ1) is 12.0. The highest BCUT2D eigenvalue weighted by molar-refractivity contribution is 5.91. The number of aromatic nitrogens is 1. The van der Waals surface area contributed by atoms with Gasteiger partial charge in [0.25, 0.3) is 0 Å². The molecule has 0 saturated heterocycles. The molecular weight excluding hydrogens is 324 g/mol. The van der Waals surface area contributed by atoms with E-state index in [0.717, 1.165) is 0 Å². The Hall–Kier alpha value is -3.06. The fourth-order valence-electron chi connectivity index (χ4n) is 2.23. The van der Waals surface area contributed by atoms with Gasteiger partial charge < -0.3 is 25.4 Å². The van der Waals surface area contributed by atoms with Crippen molar-refractivity contribution in [1.82, 2.24) is 10.3 Å². The Bertz CT molecular complexity index is 802. The smallest absolute Gasteiger partial charge is 0.244 e. The van der Waals surface area contributed by atoms with E-state index < -0.39 is 0 Å². The Labute approximate surface area is 145 Å². The number of phenols is 1. The highest BCUT2D eigenvalue weighted by Gasteiger charge is 2.11. The number of rotatable bonds is 6. The van der Waals surface area contributed by atoms with Crippen LogP contribution in [0.2, 0.25) is 0 Å². The molecule has 0 saturated carbocycles. The highest BCUT2D eigenvalue weighted by Crippen LogP contribution is 2.26. The van der Waals surface area contributed by atoms with Crippen molar-refractivity contribution in [1.29, 1.82) is 0 Å². The van der Waals surface area contributed by atoms with Crippen LogP contribution in [-0.2, 0) is 17.9 Å². The Morgan fingerprint density at radius 1 is 1.36 bits per heavy atom. The SMILES string of the molecule is COc1ccc(/C=C/C(=O)NCc2c(CO)cnc(C)c2O)cc1O. The van der Waals surface area contributed by atoms with E-state index in [1.165, 1.54) is 25.4 Å². The number of aliphatic hydroxyl groups excluding tert-OH is 1. The van der Waals surface area contributed by atoms with Crippen LogP contribution in [0.5, 0.6) is 17.2 Å². The third-order valence-corrected chi connectivity index (χ3v) is 3.67. The molecule has 0 fully saturated rings. The molecule has 7 nitrogen and oxygen atoms in total. The number of benzene rings is 1. The van der Waals surface area contributed by atoms with Gasteiger partial charge in [-0.3, -0.25) is 9.78 Å². The second-order valence-electron chi connectivity index (χ2n) is 5.34. The van der Waals surface area contributed by atoms with Crippen molar-refractivity contribution in [3.05, 3.63) is 52.9 Å². The number of aromatic hydroxyl groups is 2. The maximum atomic E-state index is 11.9. The molecule has 1 aromatic carbocycles. The van der Waals surface area contributed by atoms with Crippen molar-refractivity contribution in [2.45, 2.75) is 20.1 Å². The predicted molar refractivity (Wildman–Crippen MR) is 92.1 cm³/mol. The Kier molecular flexibility index (Phi) is 5.97. The molecule has 0 aliphatic carbocycles. The fraction of sp³-hybridized carbons (Fsp3) is 0.222. The molecule has 0 radical (unpaired) electrons. The van der Waals surface area contributed by atoms with Crippen LogP contribution in [0.25, 0.3) is 6.08 Å². The van der Waals surface area contributed by atoms with Gasteiger partial charge in [0.15, 0.2) is 11.5 Å². The molecule has 0 aliphatic rings. The summed E-state index contributed by atoms with van der Waals surface area (Å²) < 4.78 is 4.95. The number of methoxy groups -OCH3 is 1. The zero-order chi connectivity index (χ0) is 18.4. The number of carbonyl (C=O) groups is 1. The van der Waals surface area contributed by atoms with E-state index in [4.69, 9.17) is 4.74 Å². The molecule has 0 aliphatic heterocycles. The van der Waals surface area contributed by atoms with Gasteiger partial charge >= 0.3 is 0 Å². The minimum atomic E-state index is -0.381. The van der Waals surface area contributed by atoms with Gasteiger partial charge in [-0.05, 0) is 30.7 Å². The van der Waals surface area contributed by atoms with Crippen molar-refractivity contribution < 1.29 is 24.9 Å². The van der Waals surface area contributed by atoms with Crippen molar-refractivity contribution in [3.63, 3.8) is 0 Å². The summed E-state index contributed by atoms with van der Waals surface area (Å²) in [5.74, 6) is -0.0968. The van der Waals surface area contributed by atoms with E-state index in [0.29, 0.717) is 28.1 Å². The number of nitrogens with one attached hydrogen (secondary N) is 1. The third kappa shape index (κ3) is 4.48. The number of nitrogens with zero attached hydrogens (tertiary/aromatic N) is 1. The largest absolute Gasteiger partial charge is 0.506 e. The number of ether oxygens (including phenoxy) is 1. The van der Waals surface area contributed by atoms with Crippen LogP contribution in [0, 0.1) is 6.92 Å². The van der Waals surface area contributed by atoms with Gasteiger partial charge in [0, 0.05) is 29.9 Å². The topological polar surface area (TPSA) is 112 Å². The van der Waals surface area contributed by atoms with Crippen LogP contribution in [0.3, 0.4) is 0 Å². The first kappa shape index (κ1) is 18.3. The van der Waals surface area contributed by atoms with Gasteiger partial charge in [-0.2, -0.15) is 0 Å². The first-order valence-corrected chi connectivity index (χ1v) is 7.56. The standard InChI is InChI=1S/C18H20N2O5/c1-11-18(24)14(13(10-21)8-19-11)9-20-17(23)6-4-12-3-5-16(25-2)15(22)7-12/h3-8,21-22,24H,9-10H2,1-2H3,(H,20,23)/b6-4+. The van der Waals surface area contributed by atoms with Crippen molar-refractivity contribution in [2.24, 2.45) is 0 Å². The van der Waals surface area contributed by atoms with Crippen molar-refractivity contribution in [3.8, 4) is 17.2 Å². The van der Waals surface area contributed by atoms with Crippen LogP contribution in [0.1, 0.15) is 22.4 Å². The molecule has 1 amide bonds. The average Bonchev–Trinajstić information content (AvgIpc) is 2.61. The van der Waals surface area contributed by atoms with E-state index in [1.807, 2.05) is 0 Å². The summed E-state index contributed by atoms with van der Waals surface area (Å²) in [5, 5.41) is 31.7. The summed E-state index contributed by atoms with van der Waals surface area (Å²) in [6.45, 7) is 1.41. The summed E-state index contributed by atoms with van der Waals surface area (Å²) >= 11 is 0. The zero-order valence-electron chi connectivity index (χ0n) is 14.0. The fourth-order valence-corrected chi connectivity index (χ4v) is 2.23. The van der Waals surface area contributed by atoms with E-state index in [-0.39, 0.29) is 30.6 Å². The highest BCUT2D eigenvalue weighted by atomic mass is 16.5. The zero-order valence-corrected chi connectivity index (χ0v) is 14.0. The van der Waals surface area contributed by atoms with Crippen molar-refractivity contribution >= 4 is 12.0 Å². The van der Waals surface area contributed by atoms with E-state index >= 15 is 0 Å². The van der Waals surface area contributed by atoms with E-state index in [1.54, 1.807) is 25.1 Å². The normalized spacial score (nSPS) is 10.8. The van der Waals surface area contributed by atoms with Gasteiger partial charge in [0.05, 0.1) is 19.4 Å². The monoisotopic (exact) mass is 344 g/mol. The van der Waals surface area contributed by atoms with Crippen LogP contribution in [-0.4, -0.2) is 33.3 Å². The first-order valence-electron chi connectivity index (χ1n) is 7.56. The summed E-state index contributed by atoms with van der Waals surface area (Å²) in [6.07, 6.45) is 4.32. The lowest BCUT2D eigenvalue weighted by molar-refractivity contribution is -0.116.